The molecule has 18 heavy (non-hydrogen) atoms. The lowest BCUT2D eigenvalue weighted by Gasteiger charge is -2.32. The first kappa shape index (κ1) is 10.9. The van der Waals surface area contributed by atoms with E-state index in [-0.39, 0.29) is 12.9 Å². The van der Waals surface area contributed by atoms with Gasteiger partial charge in [0.15, 0.2) is 0 Å². The summed E-state index contributed by atoms with van der Waals surface area (Å²) in [7, 11) is 1.82. The molecule has 88 valence electrons. The summed E-state index contributed by atoms with van der Waals surface area (Å²) in [6, 6.07) is 17.6. The average molecular weight is 236 g/mol. The highest BCUT2D eigenvalue weighted by Gasteiger charge is 2.34. The molecule has 3 rings (SSSR count). The number of rotatable bonds is 1. The molecule has 0 fully saturated rings. The van der Waals surface area contributed by atoms with Gasteiger partial charge in [0.25, 0.3) is 0 Å². The van der Waals surface area contributed by atoms with Crippen LogP contribution in [0.5, 0.6) is 0 Å². The van der Waals surface area contributed by atoms with E-state index in [4.69, 9.17) is 0 Å². The van der Waals surface area contributed by atoms with Crippen LogP contribution >= 0.6 is 0 Å². The van der Waals surface area contributed by atoms with Crippen LogP contribution < -0.4 is 10.7 Å². The molecule has 1 heterocycles. The van der Waals surface area contributed by atoms with Crippen molar-refractivity contribution in [2.75, 3.05) is 12.3 Å². The molecule has 0 radical (unpaired) electrons. The molecule has 0 spiro atoms. The highest BCUT2D eigenvalue weighted by Crippen LogP contribution is 2.22. The second-order valence-electron chi connectivity index (χ2n) is 4.42. The topological polar surface area (TPSA) is 32.3 Å². The van der Waals surface area contributed by atoms with E-state index in [9.17, 15) is 4.79 Å². The van der Waals surface area contributed by atoms with Gasteiger partial charge in [0.2, 0.25) is 5.91 Å². The van der Waals surface area contributed by atoms with E-state index < -0.39 is 0 Å². The van der Waals surface area contributed by atoms with Crippen molar-refractivity contribution in [2.45, 2.75) is 0 Å². The minimum atomic E-state index is -0.103. The first-order valence-electron chi connectivity index (χ1n) is 5.95. The van der Waals surface area contributed by atoms with E-state index in [1.165, 1.54) is 0 Å². The molecule has 0 aliphatic carbocycles. The predicted octanol–water partition coefficient (Wildman–Crippen LogP) is 1.58. The van der Waals surface area contributed by atoms with Gasteiger partial charge in [-0.05, 0) is 24.6 Å². The lowest BCUT2D eigenvalue weighted by molar-refractivity contribution is 0.0876. The maximum Gasteiger partial charge on any atom is 0.410 e. The molecule has 2 aromatic carbocycles. The molecule has 4 heteroatoms. The van der Waals surface area contributed by atoms with E-state index in [2.05, 4.69) is 5.23 Å². The van der Waals surface area contributed by atoms with E-state index in [0.717, 1.165) is 16.7 Å². The Bertz CT molecular complexity index is 585. The van der Waals surface area contributed by atoms with Crippen LogP contribution in [0, 0.1) is 0 Å². The highest BCUT2D eigenvalue weighted by molar-refractivity contribution is 6.76. The van der Waals surface area contributed by atoms with Gasteiger partial charge in [-0.15, -0.1) is 0 Å². The Morgan fingerprint density at radius 3 is 2.44 bits per heavy atom. The molecule has 0 saturated heterocycles. The molecule has 0 saturated carbocycles. The van der Waals surface area contributed by atoms with Crippen LogP contribution in [0.2, 0.25) is 0 Å². The number of nitrogens with zero attached hydrogens (tertiary/aromatic N) is 1. The van der Waals surface area contributed by atoms with Crippen LogP contribution in [0.3, 0.4) is 0 Å². The fourth-order valence-electron chi connectivity index (χ4n) is 2.29. The van der Waals surface area contributed by atoms with Crippen LogP contribution in [-0.2, 0) is 0 Å². The van der Waals surface area contributed by atoms with Gasteiger partial charge in [0, 0.05) is 5.69 Å². The van der Waals surface area contributed by atoms with Crippen LogP contribution in [0.25, 0.3) is 0 Å². The van der Waals surface area contributed by atoms with Gasteiger partial charge in [0.1, 0.15) is 0 Å². The Morgan fingerprint density at radius 1 is 1.00 bits per heavy atom. The monoisotopic (exact) mass is 236 g/mol. The third-order valence-electron chi connectivity index (χ3n) is 3.27. The number of benzene rings is 2. The molecule has 1 N–H and O–H groups in total. The number of nitrogens with one attached hydrogen (secondary N) is 1. The van der Waals surface area contributed by atoms with Gasteiger partial charge < -0.3 is 10.0 Å². The Morgan fingerprint density at radius 2 is 1.67 bits per heavy atom. The van der Waals surface area contributed by atoms with Crippen molar-refractivity contribution in [1.82, 2.24) is 4.81 Å². The number of carbonyl (C=O) groups excluding carboxylic acids is 1. The molecule has 2 aromatic rings. The molecule has 3 nitrogen and oxygen atoms in total. The Hall–Kier alpha value is -2.23. The van der Waals surface area contributed by atoms with Gasteiger partial charge in [-0.1, -0.05) is 42.5 Å². The average Bonchev–Trinajstić information content (AvgIpc) is 2.44. The molecular weight excluding hydrogens is 223 g/mol. The number of amides is 1. The Kier molecular flexibility index (Phi) is 2.56. The van der Waals surface area contributed by atoms with Crippen molar-refractivity contribution >= 4 is 24.0 Å². The number of anilines is 1. The lowest BCUT2D eigenvalue weighted by Crippen LogP contribution is -2.57. The van der Waals surface area contributed by atoms with Crippen molar-refractivity contribution in [1.29, 1.82) is 0 Å². The zero-order chi connectivity index (χ0) is 12.5. The quantitative estimate of drug-likeness (QED) is 0.762. The van der Waals surface area contributed by atoms with Gasteiger partial charge in [0.05, 0.1) is 5.56 Å². The lowest BCUT2D eigenvalue weighted by atomic mass is 9.64. The Balaban J connectivity index is 2.04. The van der Waals surface area contributed by atoms with Gasteiger partial charge >= 0.3 is 6.98 Å². The summed E-state index contributed by atoms with van der Waals surface area (Å²) in [5.41, 5.74) is 2.71. The smallest absolute Gasteiger partial charge is 0.405 e. The number of hydrogen-bond donors (Lipinski definition) is 1. The SMILES string of the molecule is CN1B(c2ccccc2)Nc2ccccc2C1=O. The molecule has 0 aromatic heterocycles. The minimum absolute atomic E-state index is 0.0539. The number of fused-ring (bicyclic) bond motifs is 1. The van der Waals surface area contributed by atoms with E-state index in [0.29, 0.717) is 0 Å². The molecule has 1 aliphatic rings. The van der Waals surface area contributed by atoms with E-state index in [1.54, 1.807) is 4.81 Å². The summed E-state index contributed by atoms with van der Waals surface area (Å²) in [5, 5.41) is 3.40. The fourth-order valence-corrected chi connectivity index (χ4v) is 2.29. The second kappa shape index (κ2) is 4.22. The first-order chi connectivity index (χ1) is 8.77. The summed E-state index contributed by atoms with van der Waals surface area (Å²) < 4.78 is 0. The van der Waals surface area contributed by atoms with Crippen molar-refractivity contribution in [2.24, 2.45) is 0 Å². The van der Waals surface area contributed by atoms with Crippen molar-refractivity contribution in [3.05, 3.63) is 60.2 Å². The fraction of sp³-hybridized carbons (Fsp3) is 0.0714. The summed E-state index contributed by atoms with van der Waals surface area (Å²) >= 11 is 0. The second-order valence-corrected chi connectivity index (χ2v) is 4.42. The maximum atomic E-state index is 12.3. The largest absolute Gasteiger partial charge is 0.410 e. The number of carbonyl (C=O) groups is 1. The van der Waals surface area contributed by atoms with Crippen LogP contribution in [0.1, 0.15) is 10.4 Å². The minimum Gasteiger partial charge on any atom is -0.405 e. The zero-order valence-corrected chi connectivity index (χ0v) is 10.1. The summed E-state index contributed by atoms with van der Waals surface area (Å²) in [4.78, 5) is 14.0. The van der Waals surface area contributed by atoms with Gasteiger partial charge in [-0.25, -0.2) is 0 Å². The molecule has 1 aliphatic heterocycles. The number of hydrogen-bond acceptors (Lipinski definition) is 2. The zero-order valence-electron chi connectivity index (χ0n) is 10.1. The van der Waals surface area contributed by atoms with Crippen LogP contribution in [-0.4, -0.2) is 24.7 Å². The summed E-state index contributed by atoms with van der Waals surface area (Å²) in [5.74, 6) is 0.0539. The normalized spacial score (nSPS) is 14.2. The molecule has 0 bridgehead atoms. The van der Waals surface area contributed by atoms with E-state index in [1.807, 2.05) is 61.6 Å². The van der Waals surface area contributed by atoms with Crippen molar-refractivity contribution in [3.8, 4) is 0 Å². The molecule has 0 unspecified atom stereocenters. The Labute approximate surface area is 107 Å². The highest BCUT2D eigenvalue weighted by atomic mass is 16.2. The summed E-state index contributed by atoms with van der Waals surface area (Å²) in [6.07, 6.45) is 0. The predicted molar refractivity (Wildman–Crippen MR) is 74.0 cm³/mol. The third-order valence-corrected chi connectivity index (χ3v) is 3.27. The van der Waals surface area contributed by atoms with Crippen LogP contribution in [0.4, 0.5) is 5.69 Å². The molecule has 0 atom stereocenters. The van der Waals surface area contributed by atoms with Crippen molar-refractivity contribution < 1.29 is 4.79 Å². The molecular formula is C14H13BN2O. The third kappa shape index (κ3) is 1.66. The first-order valence-corrected chi connectivity index (χ1v) is 5.95. The van der Waals surface area contributed by atoms with Gasteiger partial charge in [-0.2, -0.15) is 0 Å². The van der Waals surface area contributed by atoms with Crippen LogP contribution in [0.15, 0.2) is 54.6 Å². The van der Waals surface area contributed by atoms with Gasteiger partial charge in [-0.3, -0.25) is 4.79 Å². The number of para-hydroxylation sites is 1. The maximum absolute atomic E-state index is 12.3. The van der Waals surface area contributed by atoms with E-state index >= 15 is 0 Å². The standard InChI is InChI=1S/C14H13BN2O/c1-17-14(18)12-9-5-6-10-13(12)16-15(17)11-7-3-2-4-8-11/h2-10,16H,1H3. The molecule has 1 amide bonds. The van der Waals surface area contributed by atoms with Crippen molar-refractivity contribution in [3.63, 3.8) is 0 Å². The summed E-state index contributed by atoms with van der Waals surface area (Å²) in [6.45, 7) is -0.103.